The molecule has 1 aromatic rings. The summed E-state index contributed by atoms with van der Waals surface area (Å²) in [5.74, 6) is 0.829. The molecule has 0 aliphatic carbocycles. The van der Waals surface area contributed by atoms with Gasteiger partial charge in [0.15, 0.2) is 0 Å². The van der Waals surface area contributed by atoms with Crippen LogP contribution in [0.3, 0.4) is 0 Å². The molecule has 0 fully saturated rings. The maximum absolute atomic E-state index is 8.50. The molecule has 2 heteroatoms. The Kier molecular flexibility index (Phi) is 3.35. The van der Waals surface area contributed by atoms with E-state index in [1.807, 2.05) is 31.2 Å². The zero-order valence-electron chi connectivity index (χ0n) is 7.03. The predicted octanol–water partition coefficient (Wildman–Crippen LogP) is 2.23. The van der Waals surface area contributed by atoms with Crippen molar-refractivity contribution in [2.24, 2.45) is 0 Å². The molecule has 12 heavy (non-hydrogen) atoms. The number of aliphatic hydroxyl groups excluding tert-OH is 1. The van der Waals surface area contributed by atoms with Crippen LogP contribution in [0.2, 0.25) is 0 Å². The van der Waals surface area contributed by atoms with Crippen LogP contribution in [0.5, 0.6) is 0 Å². The molecule has 0 aliphatic rings. The molecule has 0 radical (unpaired) electrons. The molecule has 1 N–H and O–H groups in total. The Balaban J connectivity index is 2.63. The van der Waals surface area contributed by atoms with Crippen LogP contribution >= 0.6 is 0 Å². The highest BCUT2D eigenvalue weighted by molar-refractivity contribution is 5.50. The lowest BCUT2D eigenvalue weighted by atomic mass is 10.2. The lowest BCUT2D eigenvalue weighted by molar-refractivity contribution is 0.342. The second kappa shape index (κ2) is 4.57. The summed E-state index contributed by atoms with van der Waals surface area (Å²) in [6.07, 6.45) is 7.08. The smallest absolute Gasteiger partial charge is 0.126 e. The van der Waals surface area contributed by atoms with Crippen LogP contribution in [0.15, 0.2) is 40.5 Å². The van der Waals surface area contributed by atoms with E-state index in [9.17, 15) is 0 Å². The van der Waals surface area contributed by atoms with E-state index in [-0.39, 0.29) is 6.61 Å². The first-order chi connectivity index (χ1) is 5.83. The standard InChI is InChI=1S/C10H12O2/c1-9(4-2-6-11)8-10-5-3-7-12-10/h2-5,7-8,11H,6H2,1H3/b4-2+,9-8-. The first kappa shape index (κ1) is 8.81. The maximum Gasteiger partial charge on any atom is 0.126 e. The first-order valence-electron chi connectivity index (χ1n) is 3.82. The minimum Gasteiger partial charge on any atom is -0.465 e. The zero-order valence-corrected chi connectivity index (χ0v) is 7.03. The molecule has 2 nitrogen and oxygen atoms in total. The van der Waals surface area contributed by atoms with E-state index in [0.717, 1.165) is 11.3 Å². The van der Waals surface area contributed by atoms with Crippen molar-refractivity contribution in [3.63, 3.8) is 0 Å². The number of allylic oxidation sites excluding steroid dienone is 2. The van der Waals surface area contributed by atoms with Crippen molar-refractivity contribution in [2.45, 2.75) is 6.92 Å². The van der Waals surface area contributed by atoms with Crippen LogP contribution in [0, 0.1) is 0 Å². The fourth-order valence-corrected chi connectivity index (χ4v) is 0.884. The maximum atomic E-state index is 8.50. The van der Waals surface area contributed by atoms with Gasteiger partial charge in [-0.1, -0.05) is 12.2 Å². The van der Waals surface area contributed by atoms with Gasteiger partial charge in [0.2, 0.25) is 0 Å². The lowest BCUT2D eigenvalue weighted by Crippen LogP contribution is -1.73. The normalized spacial score (nSPS) is 12.7. The molecule has 0 saturated carbocycles. The topological polar surface area (TPSA) is 33.4 Å². The van der Waals surface area contributed by atoms with Crippen LogP contribution in [-0.2, 0) is 0 Å². The van der Waals surface area contributed by atoms with E-state index >= 15 is 0 Å². The number of hydrogen-bond donors (Lipinski definition) is 1. The molecular weight excluding hydrogens is 152 g/mol. The first-order valence-corrected chi connectivity index (χ1v) is 3.82. The number of rotatable bonds is 3. The van der Waals surface area contributed by atoms with Gasteiger partial charge >= 0.3 is 0 Å². The van der Waals surface area contributed by atoms with Crippen LogP contribution in [0.1, 0.15) is 12.7 Å². The molecule has 0 bridgehead atoms. The number of furan rings is 1. The molecule has 1 heterocycles. The Labute approximate surface area is 71.8 Å². The molecule has 1 aromatic heterocycles. The molecule has 0 aromatic carbocycles. The van der Waals surface area contributed by atoms with Crippen molar-refractivity contribution in [1.29, 1.82) is 0 Å². The summed E-state index contributed by atoms with van der Waals surface area (Å²) in [5.41, 5.74) is 1.05. The van der Waals surface area contributed by atoms with Crippen molar-refractivity contribution in [2.75, 3.05) is 6.61 Å². The Morgan fingerprint density at radius 2 is 2.50 bits per heavy atom. The average molecular weight is 164 g/mol. The summed E-state index contributed by atoms with van der Waals surface area (Å²) >= 11 is 0. The van der Waals surface area contributed by atoms with Crippen LogP contribution in [0.25, 0.3) is 6.08 Å². The van der Waals surface area contributed by atoms with Crippen LogP contribution < -0.4 is 0 Å². The highest BCUT2D eigenvalue weighted by Gasteiger charge is 1.88. The third-order valence-electron chi connectivity index (χ3n) is 1.40. The quantitative estimate of drug-likeness (QED) is 0.695. The lowest BCUT2D eigenvalue weighted by Gasteiger charge is -1.89. The fourth-order valence-electron chi connectivity index (χ4n) is 0.884. The Morgan fingerprint density at radius 1 is 1.67 bits per heavy atom. The minimum absolute atomic E-state index is 0.0728. The molecule has 0 saturated heterocycles. The fraction of sp³-hybridized carbons (Fsp3) is 0.200. The monoisotopic (exact) mass is 164 g/mol. The van der Waals surface area contributed by atoms with Gasteiger partial charge in [-0.05, 0) is 30.7 Å². The highest BCUT2D eigenvalue weighted by Crippen LogP contribution is 2.07. The van der Waals surface area contributed by atoms with E-state index in [2.05, 4.69) is 0 Å². The van der Waals surface area contributed by atoms with Crippen molar-refractivity contribution in [3.05, 3.63) is 41.9 Å². The third-order valence-corrected chi connectivity index (χ3v) is 1.40. The second-order valence-electron chi connectivity index (χ2n) is 2.49. The summed E-state index contributed by atoms with van der Waals surface area (Å²) in [7, 11) is 0. The number of hydrogen-bond acceptors (Lipinski definition) is 2. The number of aliphatic hydroxyl groups is 1. The highest BCUT2D eigenvalue weighted by atomic mass is 16.3. The molecule has 0 aliphatic heterocycles. The summed E-state index contributed by atoms with van der Waals surface area (Å²) in [4.78, 5) is 0. The van der Waals surface area contributed by atoms with Gasteiger partial charge in [-0.3, -0.25) is 0 Å². The SMILES string of the molecule is CC(=C/c1ccco1)/C=C/CO. The molecule has 0 amide bonds. The van der Waals surface area contributed by atoms with E-state index in [1.165, 1.54) is 0 Å². The molecular formula is C10H12O2. The molecule has 0 spiro atoms. The third kappa shape index (κ3) is 2.76. The summed E-state index contributed by atoms with van der Waals surface area (Å²) in [6.45, 7) is 2.03. The minimum atomic E-state index is 0.0728. The predicted molar refractivity (Wildman–Crippen MR) is 48.6 cm³/mol. The molecule has 64 valence electrons. The zero-order chi connectivity index (χ0) is 8.81. The van der Waals surface area contributed by atoms with Crippen molar-refractivity contribution in [1.82, 2.24) is 0 Å². The van der Waals surface area contributed by atoms with Gasteiger partial charge in [-0.2, -0.15) is 0 Å². The molecule has 0 unspecified atom stereocenters. The van der Waals surface area contributed by atoms with Crippen LogP contribution in [-0.4, -0.2) is 11.7 Å². The summed E-state index contributed by atoms with van der Waals surface area (Å²) in [6, 6.07) is 3.73. The molecule has 1 rings (SSSR count). The molecule has 0 atom stereocenters. The van der Waals surface area contributed by atoms with Gasteiger partial charge < -0.3 is 9.52 Å². The van der Waals surface area contributed by atoms with Gasteiger partial charge in [0.1, 0.15) is 5.76 Å². The van der Waals surface area contributed by atoms with Gasteiger partial charge in [-0.25, -0.2) is 0 Å². The van der Waals surface area contributed by atoms with Gasteiger partial charge in [0.25, 0.3) is 0 Å². The van der Waals surface area contributed by atoms with E-state index in [0.29, 0.717) is 0 Å². The average Bonchev–Trinajstić information content (AvgIpc) is 2.53. The summed E-state index contributed by atoms with van der Waals surface area (Å²) < 4.78 is 5.11. The largest absolute Gasteiger partial charge is 0.465 e. The van der Waals surface area contributed by atoms with E-state index in [1.54, 1.807) is 12.3 Å². The Bertz CT molecular complexity index is 268. The second-order valence-corrected chi connectivity index (χ2v) is 2.49. The van der Waals surface area contributed by atoms with E-state index < -0.39 is 0 Å². The van der Waals surface area contributed by atoms with Crippen molar-refractivity contribution in [3.8, 4) is 0 Å². The van der Waals surface area contributed by atoms with Crippen LogP contribution in [0.4, 0.5) is 0 Å². The van der Waals surface area contributed by atoms with Gasteiger partial charge in [0, 0.05) is 0 Å². The van der Waals surface area contributed by atoms with E-state index in [4.69, 9.17) is 9.52 Å². The summed E-state index contributed by atoms with van der Waals surface area (Å²) in [5, 5.41) is 8.50. The Morgan fingerprint density at radius 3 is 3.08 bits per heavy atom. The van der Waals surface area contributed by atoms with Gasteiger partial charge in [0.05, 0.1) is 12.9 Å². The Hall–Kier alpha value is -1.28. The van der Waals surface area contributed by atoms with Crippen molar-refractivity contribution >= 4 is 6.08 Å². The van der Waals surface area contributed by atoms with Crippen molar-refractivity contribution < 1.29 is 9.52 Å². The van der Waals surface area contributed by atoms with Gasteiger partial charge in [-0.15, -0.1) is 0 Å².